The summed E-state index contributed by atoms with van der Waals surface area (Å²) < 4.78 is 0. The molecule has 1 amide bonds. The van der Waals surface area contributed by atoms with E-state index in [1.54, 1.807) is 6.20 Å². The molecule has 21 heavy (non-hydrogen) atoms. The van der Waals surface area contributed by atoms with Gasteiger partial charge in [0.15, 0.2) is 0 Å². The lowest BCUT2D eigenvalue weighted by atomic mass is 10.1. The molecule has 4 nitrogen and oxygen atoms in total. The second-order valence-corrected chi connectivity index (χ2v) is 5.49. The quantitative estimate of drug-likeness (QED) is 0.856. The molecule has 0 aliphatic heterocycles. The van der Waals surface area contributed by atoms with Crippen LogP contribution in [0.25, 0.3) is 0 Å². The molecule has 1 aliphatic carbocycles. The van der Waals surface area contributed by atoms with Crippen LogP contribution >= 0.6 is 0 Å². The van der Waals surface area contributed by atoms with Crippen molar-refractivity contribution >= 4 is 11.6 Å². The van der Waals surface area contributed by atoms with Gasteiger partial charge in [-0.15, -0.1) is 0 Å². The Labute approximate surface area is 124 Å². The highest BCUT2D eigenvalue weighted by Gasteiger charge is 2.32. The van der Waals surface area contributed by atoms with Gasteiger partial charge in [0.05, 0.1) is 18.7 Å². The van der Waals surface area contributed by atoms with E-state index < -0.39 is 0 Å². The smallest absolute Gasteiger partial charge is 0.227 e. The van der Waals surface area contributed by atoms with Crippen LogP contribution in [0, 0.1) is 0 Å². The van der Waals surface area contributed by atoms with Crippen molar-refractivity contribution in [3.63, 3.8) is 0 Å². The number of nitrogen functional groups attached to an aromatic ring is 1. The summed E-state index contributed by atoms with van der Waals surface area (Å²) in [5, 5.41) is 0. The van der Waals surface area contributed by atoms with Crippen molar-refractivity contribution in [2.24, 2.45) is 0 Å². The van der Waals surface area contributed by atoms with Gasteiger partial charge in [-0.2, -0.15) is 0 Å². The number of carbonyl (C=O) groups excluding carboxylic acids is 1. The maximum atomic E-state index is 12.6. The van der Waals surface area contributed by atoms with Gasteiger partial charge in [-0.25, -0.2) is 0 Å². The molecule has 108 valence electrons. The van der Waals surface area contributed by atoms with E-state index in [0.29, 0.717) is 19.0 Å². The van der Waals surface area contributed by atoms with Gasteiger partial charge in [-0.1, -0.05) is 18.2 Å². The number of hydrogen-bond acceptors (Lipinski definition) is 3. The molecule has 0 radical (unpaired) electrons. The summed E-state index contributed by atoms with van der Waals surface area (Å²) in [6, 6.07) is 13.7. The first-order chi connectivity index (χ1) is 10.2. The van der Waals surface area contributed by atoms with Crippen LogP contribution in [0.4, 0.5) is 5.69 Å². The summed E-state index contributed by atoms with van der Waals surface area (Å²) in [7, 11) is 0. The first-order valence-electron chi connectivity index (χ1n) is 7.26. The lowest BCUT2D eigenvalue weighted by Gasteiger charge is -2.22. The maximum absolute atomic E-state index is 12.6. The highest BCUT2D eigenvalue weighted by atomic mass is 16.2. The Kier molecular flexibility index (Phi) is 3.86. The van der Waals surface area contributed by atoms with Crippen LogP contribution < -0.4 is 5.73 Å². The summed E-state index contributed by atoms with van der Waals surface area (Å²) in [6.45, 7) is 0.597. The van der Waals surface area contributed by atoms with Gasteiger partial charge in [0.1, 0.15) is 0 Å². The zero-order chi connectivity index (χ0) is 14.7. The molecule has 4 heteroatoms. The lowest BCUT2D eigenvalue weighted by molar-refractivity contribution is -0.131. The minimum Gasteiger partial charge on any atom is -0.399 e. The summed E-state index contributed by atoms with van der Waals surface area (Å²) in [5.74, 6) is 0.160. The van der Waals surface area contributed by atoms with Gasteiger partial charge in [0, 0.05) is 17.9 Å². The molecule has 2 N–H and O–H groups in total. The van der Waals surface area contributed by atoms with Crippen LogP contribution in [0.3, 0.4) is 0 Å². The molecule has 0 unspecified atom stereocenters. The summed E-state index contributed by atoms with van der Waals surface area (Å²) in [4.78, 5) is 18.8. The van der Waals surface area contributed by atoms with Gasteiger partial charge in [-0.3, -0.25) is 9.78 Å². The molecule has 1 saturated carbocycles. The van der Waals surface area contributed by atoms with E-state index in [1.807, 2.05) is 47.4 Å². The van der Waals surface area contributed by atoms with Gasteiger partial charge >= 0.3 is 0 Å². The first-order valence-corrected chi connectivity index (χ1v) is 7.26. The molecule has 2 aromatic rings. The van der Waals surface area contributed by atoms with Gasteiger partial charge in [0.2, 0.25) is 5.91 Å². The van der Waals surface area contributed by atoms with E-state index in [4.69, 9.17) is 5.73 Å². The van der Waals surface area contributed by atoms with E-state index >= 15 is 0 Å². The fraction of sp³-hybridized carbons (Fsp3) is 0.294. The Morgan fingerprint density at radius 3 is 2.57 bits per heavy atom. The lowest BCUT2D eigenvalue weighted by Crippen LogP contribution is -2.34. The summed E-state index contributed by atoms with van der Waals surface area (Å²) in [5.41, 5.74) is 8.34. The molecule has 1 fully saturated rings. The predicted molar refractivity (Wildman–Crippen MR) is 82.4 cm³/mol. The topological polar surface area (TPSA) is 59.2 Å². The number of rotatable bonds is 5. The molecule has 1 heterocycles. The second kappa shape index (κ2) is 5.95. The predicted octanol–water partition coefficient (Wildman–Crippen LogP) is 2.40. The number of carbonyl (C=O) groups is 1. The second-order valence-electron chi connectivity index (χ2n) is 5.49. The van der Waals surface area contributed by atoms with Crippen molar-refractivity contribution in [1.29, 1.82) is 0 Å². The largest absolute Gasteiger partial charge is 0.399 e. The van der Waals surface area contributed by atoms with Crippen molar-refractivity contribution in [3.8, 4) is 0 Å². The normalized spacial score (nSPS) is 13.9. The van der Waals surface area contributed by atoms with Crippen LogP contribution in [0.2, 0.25) is 0 Å². The van der Waals surface area contributed by atoms with E-state index in [0.717, 1.165) is 29.8 Å². The highest BCUT2D eigenvalue weighted by Crippen LogP contribution is 2.28. The van der Waals surface area contributed by atoms with Crippen LogP contribution in [0.15, 0.2) is 48.7 Å². The zero-order valence-electron chi connectivity index (χ0n) is 11.9. The highest BCUT2D eigenvalue weighted by molar-refractivity contribution is 5.79. The van der Waals surface area contributed by atoms with Crippen LogP contribution in [0.5, 0.6) is 0 Å². The van der Waals surface area contributed by atoms with Crippen molar-refractivity contribution in [2.45, 2.75) is 31.8 Å². The third kappa shape index (κ3) is 3.60. The number of nitrogens with two attached hydrogens (primary N) is 1. The van der Waals surface area contributed by atoms with Crippen LogP contribution in [0.1, 0.15) is 24.1 Å². The molecule has 1 aliphatic rings. The minimum absolute atomic E-state index is 0.160. The van der Waals surface area contributed by atoms with Gasteiger partial charge in [-0.05, 0) is 42.7 Å². The van der Waals surface area contributed by atoms with Gasteiger partial charge < -0.3 is 10.6 Å². The number of anilines is 1. The molecular weight excluding hydrogens is 262 g/mol. The average molecular weight is 281 g/mol. The Morgan fingerprint density at radius 2 is 1.95 bits per heavy atom. The fourth-order valence-electron chi connectivity index (χ4n) is 2.38. The van der Waals surface area contributed by atoms with Crippen molar-refractivity contribution in [1.82, 2.24) is 9.88 Å². The van der Waals surface area contributed by atoms with E-state index in [9.17, 15) is 4.79 Å². The molecular formula is C17H19N3O. The molecule has 1 aromatic carbocycles. The Bertz CT molecular complexity index is 606. The van der Waals surface area contributed by atoms with Crippen LogP contribution in [-0.4, -0.2) is 21.8 Å². The number of pyridine rings is 1. The monoisotopic (exact) mass is 281 g/mol. The standard InChI is InChI=1S/C17H19N3O/c18-14-6-4-13(5-7-14)11-17(21)20(16-8-9-16)12-15-3-1-2-10-19-15/h1-7,10,16H,8-9,11-12,18H2. The Balaban J connectivity index is 1.69. The maximum Gasteiger partial charge on any atom is 0.227 e. The third-order valence-electron chi connectivity index (χ3n) is 3.70. The molecule has 0 saturated heterocycles. The average Bonchev–Trinajstić information content (AvgIpc) is 3.33. The third-order valence-corrected chi connectivity index (χ3v) is 3.70. The van der Waals surface area contributed by atoms with Crippen LogP contribution in [-0.2, 0) is 17.8 Å². The van der Waals surface area contributed by atoms with Crippen molar-refractivity contribution < 1.29 is 4.79 Å². The van der Waals surface area contributed by atoms with Crippen molar-refractivity contribution in [3.05, 3.63) is 59.9 Å². The van der Waals surface area contributed by atoms with Crippen molar-refractivity contribution in [2.75, 3.05) is 5.73 Å². The molecule has 3 rings (SSSR count). The number of benzene rings is 1. The fourth-order valence-corrected chi connectivity index (χ4v) is 2.38. The van der Waals surface area contributed by atoms with E-state index in [1.165, 1.54) is 0 Å². The number of hydrogen-bond donors (Lipinski definition) is 1. The first kappa shape index (κ1) is 13.6. The number of aromatic nitrogens is 1. The zero-order valence-corrected chi connectivity index (χ0v) is 11.9. The summed E-state index contributed by atoms with van der Waals surface area (Å²) >= 11 is 0. The Morgan fingerprint density at radius 1 is 1.19 bits per heavy atom. The molecule has 1 aromatic heterocycles. The Hall–Kier alpha value is -2.36. The van der Waals surface area contributed by atoms with E-state index in [2.05, 4.69) is 4.98 Å². The summed E-state index contributed by atoms with van der Waals surface area (Å²) in [6.07, 6.45) is 4.38. The van der Waals surface area contributed by atoms with Gasteiger partial charge in [0.25, 0.3) is 0 Å². The number of nitrogens with zero attached hydrogens (tertiary/aromatic N) is 2. The van der Waals surface area contributed by atoms with E-state index in [-0.39, 0.29) is 5.91 Å². The SMILES string of the molecule is Nc1ccc(CC(=O)N(Cc2ccccn2)C2CC2)cc1. The molecule has 0 bridgehead atoms. The number of amides is 1. The molecule has 0 spiro atoms. The minimum atomic E-state index is 0.160. The molecule has 0 atom stereocenters.